The van der Waals surface area contributed by atoms with E-state index in [-0.39, 0.29) is 0 Å². The minimum atomic E-state index is 0.855. The van der Waals surface area contributed by atoms with Crippen LogP contribution in [-0.2, 0) is 0 Å². The molecule has 0 saturated carbocycles. The van der Waals surface area contributed by atoms with E-state index < -0.39 is 0 Å². The van der Waals surface area contributed by atoms with E-state index in [1.807, 2.05) is 0 Å². The van der Waals surface area contributed by atoms with E-state index in [2.05, 4.69) is 150 Å². The Morgan fingerprint density at radius 3 is 2.16 bits per heavy atom. The van der Waals surface area contributed by atoms with Crippen LogP contribution < -0.4 is 4.90 Å². The lowest BCUT2D eigenvalue weighted by Gasteiger charge is -2.25. The molecule has 0 saturated heterocycles. The zero-order chi connectivity index (χ0) is 28.3. The van der Waals surface area contributed by atoms with Crippen molar-refractivity contribution >= 4 is 82.1 Å². The van der Waals surface area contributed by atoms with E-state index in [9.17, 15) is 0 Å². The lowest BCUT2D eigenvalue weighted by Crippen LogP contribution is -2.09. The first-order chi connectivity index (χ1) is 21.3. The molecule has 0 spiro atoms. The smallest absolute Gasteiger partial charge is 0.137 e. The summed E-state index contributed by atoms with van der Waals surface area (Å²) in [5, 5.41) is 8.02. The van der Waals surface area contributed by atoms with Gasteiger partial charge < -0.3 is 9.32 Å². The molecule has 9 aromatic rings. The standard InChI is InChI=1S/C39H24N2OS/c1-2-12-28(13-3-1)41(29-19-17-25-9-4-5-11-27(25)23-29)30-20-21-32-35(24-30)42-34-16-8-15-33(37(32)34)39-40-38-31-14-7-6-10-26(31)18-22-36(38)43-39/h1-24H. The van der Waals surface area contributed by atoms with Gasteiger partial charge in [0.25, 0.3) is 0 Å². The van der Waals surface area contributed by atoms with Gasteiger partial charge in [0.15, 0.2) is 0 Å². The fourth-order valence-corrected chi connectivity index (χ4v) is 7.26. The second-order valence-electron chi connectivity index (χ2n) is 10.8. The molecule has 0 aliphatic rings. The van der Waals surface area contributed by atoms with Crippen LogP contribution in [0, 0.1) is 0 Å². The number of rotatable bonds is 4. The van der Waals surface area contributed by atoms with Crippen molar-refractivity contribution in [3.8, 4) is 10.6 Å². The third-order valence-corrected chi connectivity index (χ3v) is 9.31. The minimum Gasteiger partial charge on any atom is -0.456 e. The lowest BCUT2D eigenvalue weighted by atomic mass is 10.1. The van der Waals surface area contributed by atoms with E-state index in [0.29, 0.717) is 0 Å². The Morgan fingerprint density at radius 1 is 0.512 bits per heavy atom. The van der Waals surface area contributed by atoms with Gasteiger partial charge in [-0.3, -0.25) is 0 Å². The summed E-state index contributed by atoms with van der Waals surface area (Å²) in [5.41, 5.74) is 7.11. The van der Waals surface area contributed by atoms with Gasteiger partial charge in [0.1, 0.15) is 16.2 Å². The Morgan fingerprint density at radius 2 is 1.26 bits per heavy atom. The average molecular weight is 569 g/mol. The molecule has 0 fully saturated rings. The second kappa shape index (κ2) is 9.55. The van der Waals surface area contributed by atoms with Crippen LogP contribution >= 0.6 is 11.3 Å². The van der Waals surface area contributed by atoms with E-state index in [0.717, 1.165) is 55.1 Å². The monoisotopic (exact) mass is 568 g/mol. The van der Waals surface area contributed by atoms with Gasteiger partial charge in [-0.1, -0.05) is 91.0 Å². The molecule has 0 N–H and O–H groups in total. The van der Waals surface area contributed by atoms with Gasteiger partial charge >= 0.3 is 0 Å². The molecule has 0 aliphatic heterocycles. The van der Waals surface area contributed by atoms with E-state index in [4.69, 9.17) is 9.40 Å². The summed E-state index contributed by atoms with van der Waals surface area (Å²) in [5.74, 6) is 0. The second-order valence-corrected chi connectivity index (χ2v) is 11.8. The number of furan rings is 1. The van der Waals surface area contributed by atoms with Crippen molar-refractivity contribution < 1.29 is 4.42 Å². The predicted molar refractivity (Wildman–Crippen MR) is 182 cm³/mol. The molecule has 0 atom stereocenters. The van der Waals surface area contributed by atoms with Crippen molar-refractivity contribution in [2.24, 2.45) is 0 Å². The van der Waals surface area contributed by atoms with Crippen LogP contribution in [0.15, 0.2) is 150 Å². The molecule has 2 aromatic heterocycles. The van der Waals surface area contributed by atoms with Gasteiger partial charge in [0.05, 0.1) is 10.2 Å². The maximum Gasteiger partial charge on any atom is 0.137 e. The van der Waals surface area contributed by atoms with Crippen LogP contribution in [0.2, 0.25) is 0 Å². The molecule has 9 rings (SSSR count). The van der Waals surface area contributed by atoms with Gasteiger partial charge in [-0.2, -0.15) is 0 Å². The van der Waals surface area contributed by atoms with Crippen LogP contribution in [0.1, 0.15) is 0 Å². The number of anilines is 3. The number of fused-ring (bicyclic) bond motifs is 7. The van der Waals surface area contributed by atoms with Gasteiger partial charge in [-0.25, -0.2) is 4.98 Å². The number of hydrogen-bond donors (Lipinski definition) is 0. The first kappa shape index (κ1) is 24.2. The molecule has 2 heterocycles. The SMILES string of the molecule is c1ccc(N(c2ccc3ccccc3c2)c2ccc3c(c2)oc2cccc(-c4nc5c(ccc6ccccc65)s4)c23)cc1. The number of thiazole rings is 1. The number of hydrogen-bond acceptors (Lipinski definition) is 4. The van der Waals surface area contributed by atoms with E-state index >= 15 is 0 Å². The molecule has 4 heteroatoms. The Hall–Kier alpha value is -5.45. The first-order valence-corrected chi connectivity index (χ1v) is 15.2. The molecule has 0 unspecified atom stereocenters. The van der Waals surface area contributed by atoms with E-state index in [1.165, 1.54) is 26.2 Å². The molecular formula is C39H24N2OS. The van der Waals surface area contributed by atoms with Crippen LogP contribution in [0.5, 0.6) is 0 Å². The van der Waals surface area contributed by atoms with Crippen molar-refractivity contribution in [1.29, 1.82) is 0 Å². The predicted octanol–water partition coefficient (Wildman–Crippen LogP) is 11.6. The maximum absolute atomic E-state index is 6.54. The average Bonchev–Trinajstić information content (AvgIpc) is 3.67. The molecule has 202 valence electrons. The summed E-state index contributed by atoms with van der Waals surface area (Å²) >= 11 is 1.73. The first-order valence-electron chi connectivity index (χ1n) is 14.4. The highest BCUT2D eigenvalue weighted by molar-refractivity contribution is 7.21. The van der Waals surface area contributed by atoms with Crippen LogP contribution in [0.25, 0.3) is 64.3 Å². The number of nitrogens with zero attached hydrogens (tertiary/aromatic N) is 2. The van der Waals surface area contributed by atoms with Crippen molar-refractivity contribution in [2.45, 2.75) is 0 Å². The molecular weight excluding hydrogens is 545 g/mol. The number of aromatic nitrogens is 1. The highest BCUT2D eigenvalue weighted by atomic mass is 32.1. The quantitative estimate of drug-likeness (QED) is 0.211. The molecule has 0 amide bonds. The summed E-state index contributed by atoms with van der Waals surface area (Å²) < 4.78 is 7.73. The summed E-state index contributed by atoms with van der Waals surface area (Å²) in [6, 6.07) is 51.3. The van der Waals surface area contributed by atoms with Crippen molar-refractivity contribution in [2.75, 3.05) is 4.90 Å². The van der Waals surface area contributed by atoms with Gasteiger partial charge in [-0.15, -0.1) is 11.3 Å². The molecule has 7 aromatic carbocycles. The van der Waals surface area contributed by atoms with Crippen LogP contribution in [0.4, 0.5) is 17.1 Å². The van der Waals surface area contributed by atoms with Gasteiger partial charge in [-0.05, 0) is 64.7 Å². The van der Waals surface area contributed by atoms with Crippen LogP contribution in [-0.4, -0.2) is 4.98 Å². The molecule has 0 aliphatic carbocycles. The largest absolute Gasteiger partial charge is 0.456 e. The van der Waals surface area contributed by atoms with Crippen LogP contribution in [0.3, 0.4) is 0 Å². The third kappa shape index (κ3) is 3.92. The Bertz CT molecular complexity index is 2470. The maximum atomic E-state index is 6.54. The Balaban J connectivity index is 1.22. The van der Waals surface area contributed by atoms with Crippen molar-refractivity contribution in [3.05, 3.63) is 146 Å². The molecule has 43 heavy (non-hydrogen) atoms. The van der Waals surface area contributed by atoms with Gasteiger partial charge in [0.2, 0.25) is 0 Å². The zero-order valence-corrected chi connectivity index (χ0v) is 23.9. The summed E-state index contributed by atoms with van der Waals surface area (Å²) in [7, 11) is 0. The normalized spacial score (nSPS) is 11.7. The lowest BCUT2D eigenvalue weighted by molar-refractivity contribution is 0.669. The molecule has 3 nitrogen and oxygen atoms in total. The fraction of sp³-hybridized carbons (Fsp3) is 0. The fourth-order valence-electron chi connectivity index (χ4n) is 6.25. The highest BCUT2D eigenvalue weighted by Gasteiger charge is 2.19. The Kier molecular flexibility index (Phi) is 5.37. The third-order valence-electron chi connectivity index (χ3n) is 8.26. The topological polar surface area (TPSA) is 29.3 Å². The molecule has 0 bridgehead atoms. The Labute approximate surface area is 251 Å². The van der Waals surface area contributed by atoms with Gasteiger partial charge in [0, 0.05) is 44.9 Å². The number of para-hydroxylation sites is 1. The molecule has 0 radical (unpaired) electrons. The summed E-state index contributed by atoms with van der Waals surface area (Å²) in [4.78, 5) is 7.46. The highest BCUT2D eigenvalue weighted by Crippen LogP contribution is 2.43. The zero-order valence-electron chi connectivity index (χ0n) is 23.1. The van der Waals surface area contributed by atoms with Crippen molar-refractivity contribution in [1.82, 2.24) is 4.98 Å². The van der Waals surface area contributed by atoms with E-state index in [1.54, 1.807) is 11.3 Å². The number of benzene rings is 7. The minimum absolute atomic E-state index is 0.855. The summed E-state index contributed by atoms with van der Waals surface area (Å²) in [6.07, 6.45) is 0. The van der Waals surface area contributed by atoms with Crippen molar-refractivity contribution in [3.63, 3.8) is 0 Å². The summed E-state index contributed by atoms with van der Waals surface area (Å²) in [6.45, 7) is 0.